The Morgan fingerprint density at radius 3 is 2.27 bits per heavy atom. The van der Waals surface area contributed by atoms with Gasteiger partial charge >= 0.3 is 5.97 Å². The fourth-order valence-electron chi connectivity index (χ4n) is 5.32. The minimum Gasteiger partial charge on any atom is -0.481 e. The number of benzene rings is 1. The second kappa shape index (κ2) is 12.0. The summed E-state index contributed by atoms with van der Waals surface area (Å²) in [5.74, 6) is -2.42. The van der Waals surface area contributed by atoms with Crippen LogP contribution in [-0.4, -0.2) is 95.3 Å². The van der Waals surface area contributed by atoms with Crippen molar-refractivity contribution in [2.75, 3.05) is 46.3 Å². The van der Waals surface area contributed by atoms with Crippen molar-refractivity contribution < 1.29 is 23.9 Å². The monoisotopic (exact) mass is 517 g/mol. The number of likely N-dealkylation sites (tertiary alicyclic amines) is 1. The molecule has 204 valence electrons. The summed E-state index contributed by atoms with van der Waals surface area (Å²) in [6, 6.07) is 4.22. The number of halogens is 1. The fourth-order valence-corrected chi connectivity index (χ4v) is 5.32. The molecule has 2 fully saturated rings. The average Bonchev–Trinajstić information content (AvgIpc) is 2.83. The highest BCUT2D eigenvalue weighted by Gasteiger charge is 2.39. The number of carboxylic acids is 1. The van der Waals surface area contributed by atoms with Gasteiger partial charge in [0.2, 0.25) is 5.91 Å². The van der Waals surface area contributed by atoms with Crippen LogP contribution in [0.25, 0.3) is 0 Å². The average molecular weight is 518 g/mol. The summed E-state index contributed by atoms with van der Waals surface area (Å²) in [5, 5.41) is 20.3. The zero-order valence-corrected chi connectivity index (χ0v) is 22.3. The number of piperidine rings is 1. The van der Waals surface area contributed by atoms with Crippen LogP contribution in [0, 0.1) is 23.1 Å². The van der Waals surface area contributed by atoms with Crippen molar-refractivity contribution in [1.29, 1.82) is 5.41 Å². The molecule has 2 amide bonds. The van der Waals surface area contributed by atoms with Crippen LogP contribution in [0.5, 0.6) is 0 Å². The molecule has 2 heterocycles. The number of rotatable bonds is 8. The van der Waals surface area contributed by atoms with Crippen molar-refractivity contribution in [2.24, 2.45) is 11.8 Å². The molecule has 1 aromatic rings. The molecule has 0 spiro atoms. The Bertz CT molecular complexity index is 1010. The van der Waals surface area contributed by atoms with E-state index in [0.29, 0.717) is 51.0 Å². The maximum atomic E-state index is 15.0. The molecule has 0 aliphatic carbocycles. The molecule has 37 heavy (non-hydrogen) atoms. The highest BCUT2D eigenvalue weighted by molar-refractivity contribution is 5.99. The number of hydrogen-bond donors (Lipinski definition) is 3. The van der Waals surface area contributed by atoms with Crippen LogP contribution in [0.1, 0.15) is 62.4 Å². The first kappa shape index (κ1) is 28.6. The van der Waals surface area contributed by atoms with E-state index in [2.05, 4.69) is 10.2 Å². The van der Waals surface area contributed by atoms with Gasteiger partial charge in [-0.05, 0) is 58.2 Å². The molecule has 1 atom stereocenters. The Morgan fingerprint density at radius 1 is 1.11 bits per heavy atom. The number of nitrogens with one attached hydrogen (secondary N) is 2. The molecule has 10 heteroatoms. The molecule has 0 aromatic heterocycles. The third kappa shape index (κ3) is 7.06. The highest BCUT2D eigenvalue weighted by atomic mass is 19.1. The van der Waals surface area contributed by atoms with E-state index in [4.69, 9.17) is 10.5 Å². The number of nitrogens with zero attached hydrogens (tertiary/aromatic N) is 3. The standard InChI is InChI=1S/C27H40FN5O4/c1-5-21(26(37)33-10-8-18(9-11-33)16-23(34)35)27(2,3)30-25(36)20-7-6-19(17-22(20)28)24(29)32-14-12-31(4)13-15-32/h6-7,17-18,21,29H,5,8-16H2,1-4H3,(H,30,36)(H,34,35). The minimum atomic E-state index is -0.932. The Labute approximate surface area is 218 Å². The van der Waals surface area contributed by atoms with Crippen LogP contribution in [0.2, 0.25) is 0 Å². The van der Waals surface area contributed by atoms with E-state index >= 15 is 4.39 Å². The van der Waals surface area contributed by atoms with E-state index in [1.54, 1.807) is 24.8 Å². The van der Waals surface area contributed by atoms with Gasteiger partial charge in [-0.15, -0.1) is 0 Å². The van der Waals surface area contributed by atoms with Crippen LogP contribution in [0.15, 0.2) is 18.2 Å². The molecule has 1 unspecified atom stereocenters. The van der Waals surface area contributed by atoms with Gasteiger partial charge in [-0.2, -0.15) is 0 Å². The third-order valence-electron chi connectivity index (χ3n) is 7.71. The molecule has 0 radical (unpaired) electrons. The smallest absolute Gasteiger partial charge is 0.303 e. The van der Waals surface area contributed by atoms with Crippen LogP contribution in [0.3, 0.4) is 0 Å². The molecule has 9 nitrogen and oxygen atoms in total. The maximum absolute atomic E-state index is 15.0. The lowest BCUT2D eigenvalue weighted by atomic mass is 9.82. The molecule has 2 aliphatic heterocycles. The Kier molecular flexibility index (Phi) is 9.28. The Hall–Kier alpha value is -3.01. The largest absolute Gasteiger partial charge is 0.481 e. The van der Waals surface area contributed by atoms with Crippen LogP contribution in [0.4, 0.5) is 4.39 Å². The molecule has 1 aromatic carbocycles. The molecular formula is C27H40FN5O4. The van der Waals surface area contributed by atoms with E-state index in [1.165, 1.54) is 12.1 Å². The molecule has 0 bridgehead atoms. The molecule has 3 rings (SSSR count). The van der Waals surface area contributed by atoms with Crippen LogP contribution < -0.4 is 5.32 Å². The van der Waals surface area contributed by atoms with Crippen molar-refractivity contribution in [1.82, 2.24) is 20.0 Å². The van der Waals surface area contributed by atoms with Gasteiger partial charge in [0, 0.05) is 56.8 Å². The van der Waals surface area contributed by atoms with Crippen molar-refractivity contribution >= 4 is 23.6 Å². The number of carbonyl (C=O) groups is 3. The number of amides is 2. The zero-order valence-electron chi connectivity index (χ0n) is 22.3. The summed E-state index contributed by atoms with van der Waals surface area (Å²) in [4.78, 5) is 43.2. The van der Waals surface area contributed by atoms with Crippen molar-refractivity contribution in [3.8, 4) is 0 Å². The number of carbonyl (C=O) groups excluding carboxylic acids is 2. The highest BCUT2D eigenvalue weighted by Crippen LogP contribution is 2.28. The van der Waals surface area contributed by atoms with Crippen LogP contribution >= 0.6 is 0 Å². The predicted octanol–water partition coefficient (Wildman–Crippen LogP) is 2.65. The lowest BCUT2D eigenvalue weighted by molar-refractivity contribution is -0.140. The molecular weight excluding hydrogens is 477 g/mol. The van der Waals surface area contributed by atoms with Gasteiger partial charge in [-0.1, -0.05) is 13.0 Å². The van der Waals surface area contributed by atoms with E-state index in [-0.39, 0.29) is 29.6 Å². The molecule has 2 saturated heterocycles. The van der Waals surface area contributed by atoms with Crippen molar-refractivity contribution in [3.05, 3.63) is 35.1 Å². The number of hydrogen-bond acceptors (Lipinski definition) is 5. The van der Waals surface area contributed by atoms with E-state index < -0.39 is 29.2 Å². The Morgan fingerprint density at radius 2 is 1.73 bits per heavy atom. The minimum absolute atomic E-state index is 0.0676. The van der Waals surface area contributed by atoms with Gasteiger partial charge in [0.15, 0.2) is 0 Å². The molecule has 3 N–H and O–H groups in total. The first-order chi connectivity index (χ1) is 17.4. The van der Waals surface area contributed by atoms with Gasteiger partial charge in [-0.25, -0.2) is 4.39 Å². The van der Waals surface area contributed by atoms with Crippen molar-refractivity contribution in [2.45, 2.75) is 52.0 Å². The fraction of sp³-hybridized carbons (Fsp3) is 0.630. The maximum Gasteiger partial charge on any atom is 0.303 e. The topological polar surface area (TPSA) is 117 Å². The summed E-state index contributed by atoms with van der Waals surface area (Å²) in [5.41, 5.74) is -0.635. The quantitative estimate of drug-likeness (QED) is 0.361. The number of aliphatic carboxylic acids is 1. The lowest BCUT2D eigenvalue weighted by Crippen LogP contribution is -2.55. The van der Waals surface area contributed by atoms with Gasteiger partial charge in [-0.3, -0.25) is 19.8 Å². The molecule has 0 saturated carbocycles. The second-order valence-corrected chi connectivity index (χ2v) is 10.8. The normalized spacial score (nSPS) is 18.4. The summed E-state index contributed by atoms with van der Waals surface area (Å²) in [6.45, 7) is 9.45. The lowest BCUT2D eigenvalue weighted by Gasteiger charge is -2.39. The predicted molar refractivity (Wildman–Crippen MR) is 139 cm³/mol. The van der Waals surface area contributed by atoms with Crippen LogP contribution in [-0.2, 0) is 9.59 Å². The number of amidine groups is 1. The van der Waals surface area contributed by atoms with E-state index in [0.717, 1.165) is 13.1 Å². The first-order valence-corrected chi connectivity index (χ1v) is 13.1. The van der Waals surface area contributed by atoms with Crippen molar-refractivity contribution in [3.63, 3.8) is 0 Å². The zero-order chi connectivity index (χ0) is 27.3. The Balaban J connectivity index is 1.64. The molecule has 2 aliphatic rings. The van der Waals surface area contributed by atoms with Gasteiger partial charge in [0.05, 0.1) is 11.5 Å². The van der Waals surface area contributed by atoms with Gasteiger partial charge < -0.3 is 25.1 Å². The second-order valence-electron chi connectivity index (χ2n) is 10.8. The van der Waals surface area contributed by atoms with Gasteiger partial charge in [0.1, 0.15) is 11.7 Å². The summed E-state index contributed by atoms with van der Waals surface area (Å²) < 4.78 is 15.0. The van der Waals surface area contributed by atoms with E-state index in [1.807, 2.05) is 18.9 Å². The van der Waals surface area contributed by atoms with Gasteiger partial charge in [0.25, 0.3) is 5.91 Å². The summed E-state index contributed by atoms with van der Waals surface area (Å²) in [6.07, 6.45) is 1.88. The third-order valence-corrected chi connectivity index (χ3v) is 7.71. The number of likely N-dealkylation sites (N-methyl/N-ethyl adjacent to an activating group) is 1. The van der Waals surface area contributed by atoms with E-state index in [9.17, 15) is 14.4 Å². The summed E-state index contributed by atoms with van der Waals surface area (Å²) >= 11 is 0. The summed E-state index contributed by atoms with van der Waals surface area (Å²) in [7, 11) is 2.02. The number of piperazine rings is 1. The SMILES string of the molecule is CCC(C(=O)N1CCC(CC(=O)O)CC1)C(C)(C)NC(=O)c1ccc(C(=N)N2CCN(C)CC2)cc1F. The number of carboxylic acid groups (broad SMARTS) is 1. The first-order valence-electron chi connectivity index (χ1n) is 13.1.